The normalized spacial score (nSPS) is 14.7. The summed E-state index contributed by atoms with van der Waals surface area (Å²) in [6.07, 6.45) is 19.2. The van der Waals surface area contributed by atoms with Crippen molar-refractivity contribution in [2.24, 2.45) is 10.8 Å². The van der Waals surface area contributed by atoms with Crippen LogP contribution < -0.4 is 0 Å². The molecule has 2 fully saturated rings. The Labute approximate surface area is 403 Å². The fourth-order valence-electron chi connectivity index (χ4n) is 11.4. The molecule has 324 valence electrons. The molecule has 0 nitrogen and oxygen atoms in total. The van der Waals surface area contributed by atoms with Crippen LogP contribution in [0.5, 0.6) is 0 Å². The molecule has 62 heavy (non-hydrogen) atoms. The summed E-state index contributed by atoms with van der Waals surface area (Å²) in [5.74, 6) is 0. The molecule has 0 bridgehead atoms. The van der Waals surface area contributed by atoms with E-state index in [4.69, 9.17) is 0 Å². The van der Waals surface area contributed by atoms with Gasteiger partial charge in [-0.05, 0) is 94.9 Å². The van der Waals surface area contributed by atoms with Crippen molar-refractivity contribution in [1.29, 1.82) is 0 Å². The molecule has 0 amide bonds. The van der Waals surface area contributed by atoms with E-state index in [1.54, 1.807) is 0 Å². The Morgan fingerprint density at radius 1 is 0.452 bits per heavy atom. The quantitative estimate of drug-likeness (QED) is 0.0947. The average molecular weight is 953 g/mol. The maximum atomic E-state index is 3.06. The second-order valence-electron chi connectivity index (χ2n) is 17.7. The summed E-state index contributed by atoms with van der Waals surface area (Å²) in [5, 5.41) is 10.9. The van der Waals surface area contributed by atoms with Gasteiger partial charge in [-0.25, -0.2) is 0 Å². The molecule has 2 saturated carbocycles. The van der Waals surface area contributed by atoms with Gasteiger partial charge in [0.25, 0.3) is 0 Å². The van der Waals surface area contributed by atoms with Crippen LogP contribution in [0.15, 0.2) is 146 Å². The molecular weight excluding hydrogens is 887 g/mol. The Morgan fingerprint density at radius 2 is 0.774 bits per heavy atom. The molecule has 0 saturated heterocycles. The number of hydrogen-bond acceptors (Lipinski definition) is 0. The van der Waals surface area contributed by atoms with E-state index in [2.05, 4.69) is 166 Å². The molecule has 0 heterocycles. The number of fused-ring (bicyclic) bond motifs is 4. The molecule has 0 atom stereocenters. The van der Waals surface area contributed by atoms with E-state index in [1.165, 1.54) is 190 Å². The molecule has 8 aromatic rings. The maximum absolute atomic E-state index is 3.06. The van der Waals surface area contributed by atoms with Gasteiger partial charge in [0, 0.05) is 0 Å². The third-order valence-corrected chi connectivity index (χ3v) is 13.8. The van der Waals surface area contributed by atoms with Gasteiger partial charge in [-0.1, -0.05) is 161 Å². The number of hydrogen-bond donors (Lipinski definition) is 0. The zero-order valence-electron chi connectivity index (χ0n) is 37.6. The fraction of sp³-hybridized carbons (Fsp3) is 0.310. The zero-order chi connectivity index (χ0) is 40.0. The molecule has 0 aromatic heterocycles. The number of benzene rings is 6. The van der Waals surface area contributed by atoms with Crippen LogP contribution in [-0.2, 0) is 36.2 Å². The van der Waals surface area contributed by atoms with Crippen LogP contribution >= 0.6 is 24.8 Å². The molecule has 4 heteroatoms. The van der Waals surface area contributed by atoms with Gasteiger partial charge in [0.2, 0.25) is 0 Å². The minimum atomic E-state index is 0. The van der Waals surface area contributed by atoms with Gasteiger partial charge in [0.05, 0.1) is 0 Å². The monoisotopic (exact) mass is 950 g/mol. The van der Waals surface area contributed by atoms with Crippen LogP contribution in [0.1, 0.15) is 102 Å². The topological polar surface area (TPSA) is 0 Å². The van der Waals surface area contributed by atoms with Gasteiger partial charge < -0.3 is 14.9 Å². The van der Waals surface area contributed by atoms with Crippen LogP contribution in [0.25, 0.3) is 65.3 Å². The van der Waals surface area contributed by atoms with Crippen molar-refractivity contribution in [2.75, 3.05) is 0 Å². The van der Waals surface area contributed by atoms with E-state index in [9.17, 15) is 0 Å². The summed E-state index contributed by atoms with van der Waals surface area (Å²) in [6.45, 7) is 7.76. The Hall–Kier alpha value is -3.26. The summed E-state index contributed by atoms with van der Waals surface area (Å²) >= 11 is 1.36. The summed E-state index contributed by atoms with van der Waals surface area (Å²) in [4.78, 5) is 0. The predicted octanol–water partition coefficient (Wildman–Crippen LogP) is 17.9. The number of rotatable bonds is 10. The van der Waals surface area contributed by atoms with E-state index in [1.807, 2.05) is 0 Å². The van der Waals surface area contributed by atoms with Crippen molar-refractivity contribution in [3.63, 3.8) is 0 Å². The van der Waals surface area contributed by atoms with Crippen molar-refractivity contribution in [2.45, 2.75) is 104 Å². The average Bonchev–Trinajstić information content (AvgIpc) is 4.09. The molecule has 0 spiro atoms. The van der Waals surface area contributed by atoms with Crippen LogP contribution in [-0.4, -0.2) is 6.88 Å². The van der Waals surface area contributed by atoms with Crippen LogP contribution in [0.2, 0.25) is 0 Å². The summed E-state index contributed by atoms with van der Waals surface area (Å²) < 4.78 is 0. The SMILES string of the molecule is CCCC1(Cc2cc3c(-c4cccc5ccccc45)cccc3[cH-]2)CCCC1.CCCC1(Cc2cc3c(-c4cccc5ccccc45)cccc3[cH-]2)CCCC1.Cl.Cl.[CH3-].[CH3-].[Si]=[Zr]. The second kappa shape index (κ2) is 23.6. The first-order valence-electron chi connectivity index (χ1n) is 22.1. The van der Waals surface area contributed by atoms with E-state index in [-0.39, 0.29) is 39.7 Å². The van der Waals surface area contributed by atoms with E-state index in [0.717, 1.165) is 0 Å². The zero-order valence-corrected chi connectivity index (χ0v) is 42.7. The molecule has 8 aromatic carbocycles. The van der Waals surface area contributed by atoms with E-state index in [0.29, 0.717) is 10.8 Å². The van der Waals surface area contributed by atoms with Gasteiger partial charge >= 0.3 is 30.2 Å². The Bertz CT molecular complexity index is 2430. The summed E-state index contributed by atoms with van der Waals surface area (Å²) in [7, 11) is 0. The Balaban J connectivity index is 0.000000247. The van der Waals surface area contributed by atoms with Crippen LogP contribution in [0.3, 0.4) is 0 Å². The van der Waals surface area contributed by atoms with Gasteiger partial charge in [0.15, 0.2) is 0 Å². The van der Waals surface area contributed by atoms with E-state index >= 15 is 0 Å². The molecule has 2 radical (unpaired) electrons. The van der Waals surface area contributed by atoms with Gasteiger partial charge in [0.1, 0.15) is 0 Å². The second-order valence-corrected chi connectivity index (χ2v) is 17.7. The Morgan fingerprint density at radius 3 is 1.15 bits per heavy atom. The Kier molecular flexibility index (Phi) is 19.6. The van der Waals surface area contributed by atoms with Gasteiger partial charge in [-0.3, -0.25) is 0 Å². The summed E-state index contributed by atoms with van der Waals surface area (Å²) in [5.41, 5.74) is 9.64. The van der Waals surface area contributed by atoms with Gasteiger partial charge in [-0.15, -0.1) is 93.9 Å². The molecular formula is C58H66Cl2SiZr-4. The minimum absolute atomic E-state index is 0. The van der Waals surface area contributed by atoms with Crippen molar-refractivity contribution in [3.8, 4) is 22.3 Å². The van der Waals surface area contributed by atoms with Gasteiger partial charge in [-0.2, -0.15) is 12.1 Å². The first-order valence-corrected chi connectivity index (χ1v) is 26.3. The summed E-state index contributed by atoms with van der Waals surface area (Å²) in [6, 6.07) is 54.3. The molecule has 0 unspecified atom stereocenters. The van der Waals surface area contributed by atoms with Crippen LogP contribution in [0.4, 0.5) is 0 Å². The molecule has 0 N–H and O–H groups in total. The molecule has 10 rings (SSSR count). The van der Waals surface area contributed by atoms with Crippen molar-refractivity contribution in [1.82, 2.24) is 0 Å². The predicted molar refractivity (Wildman–Crippen MR) is 277 cm³/mol. The molecule has 0 aliphatic heterocycles. The third-order valence-electron chi connectivity index (χ3n) is 13.8. The van der Waals surface area contributed by atoms with Crippen molar-refractivity contribution in [3.05, 3.63) is 172 Å². The molecule has 2 aliphatic carbocycles. The van der Waals surface area contributed by atoms with Crippen LogP contribution in [0, 0.1) is 25.7 Å². The number of halogens is 2. The first kappa shape index (κ1) is 51.4. The first-order chi connectivity index (χ1) is 28.6. The van der Waals surface area contributed by atoms with Crippen molar-refractivity contribution < 1.29 is 23.3 Å². The standard InChI is InChI=1S/2C28H29.2CH3.2ClH.Si.Zr/c2*1-2-15-28(16-5-6-17-28)20-21-18-23-11-8-14-26(27(23)19-21)25-13-7-10-22-9-3-4-12-24(22)25;;;;;;/h2*3-4,7-14,18-19H,2,5-6,15-17,20H2,1H3;2*1H3;2*1H;;/q4*-1;;;;. The van der Waals surface area contributed by atoms with E-state index < -0.39 is 0 Å². The van der Waals surface area contributed by atoms with Crippen molar-refractivity contribution >= 4 is 74.8 Å². The third kappa shape index (κ3) is 11.0. The fourth-order valence-corrected chi connectivity index (χ4v) is 11.4. The molecule has 2 aliphatic rings.